The molecule has 1 aromatic rings. The molecule has 0 saturated heterocycles. The maximum atomic E-state index is 12.1. The summed E-state index contributed by atoms with van der Waals surface area (Å²) in [4.78, 5) is 14.7. The van der Waals surface area contributed by atoms with Gasteiger partial charge in [0.05, 0.1) is 10.6 Å². The number of hydrogen-bond acceptors (Lipinski definition) is 2. The highest BCUT2D eigenvalue weighted by atomic mass is 35.5. The second-order valence-corrected chi connectivity index (χ2v) is 4.47. The molecule has 0 aliphatic heterocycles. The van der Waals surface area contributed by atoms with Crippen LogP contribution in [0.25, 0.3) is 0 Å². The molecule has 0 aliphatic carbocycles. The van der Waals surface area contributed by atoms with Gasteiger partial charge in [-0.05, 0) is 31.5 Å². The van der Waals surface area contributed by atoms with Gasteiger partial charge in [-0.3, -0.25) is 4.79 Å². The second kappa shape index (κ2) is 6.16. The van der Waals surface area contributed by atoms with Crippen LogP contribution in [0.15, 0.2) is 23.1 Å². The van der Waals surface area contributed by atoms with Gasteiger partial charge in [0.25, 0.3) is 5.91 Å². The fourth-order valence-electron chi connectivity index (χ4n) is 1.52. The predicted octanol–water partition coefficient (Wildman–Crippen LogP) is 3.50. The topological polar surface area (TPSA) is 20.3 Å². The first-order chi connectivity index (χ1) is 7.60. The number of hydrogen-bond donors (Lipinski definition) is 1. The van der Waals surface area contributed by atoms with Gasteiger partial charge >= 0.3 is 0 Å². The molecule has 2 nitrogen and oxygen atoms in total. The van der Waals surface area contributed by atoms with Crippen LogP contribution in [0.3, 0.4) is 0 Å². The SMILES string of the molecule is CCCN(CC)C(=O)c1cc(S)ccc1Cl. The van der Waals surface area contributed by atoms with Crippen molar-refractivity contribution in [2.24, 2.45) is 0 Å². The summed E-state index contributed by atoms with van der Waals surface area (Å²) in [6.45, 7) is 5.46. The van der Waals surface area contributed by atoms with Crippen LogP contribution in [0.5, 0.6) is 0 Å². The number of rotatable bonds is 4. The summed E-state index contributed by atoms with van der Waals surface area (Å²) in [6, 6.07) is 5.20. The highest BCUT2D eigenvalue weighted by Crippen LogP contribution is 2.21. The second-order valence-electron chi connectivity index (χ2n) is 3.55. The Hall–Kier alpha value is -0.670. The lowest BCUT2D eigenvalue weighted by atomic mass is 10.2. The summed E-state index contributed by atoms with van der Waals surface area (Å²) in [7, 11) is 0. The predicted molar refractivity (Wildman–Crippen MR) is 70.6 cm³/mol. The van der Waals surface area contributed by atoms with Gasteiger partial charge in [-0.25, -0.2) is 0 Å². The Balaban J connectivity index is 2.98. The van der Waals surface area contributed by atoms with Crippen LogP contribution in [0.1, 0.15) is 30.6 Å². The van der Waals surface area contributed by atoms with Crippen molar-refractivity contribution in [3.8, 4) is 0 Å². The van der Waals surface area contributed by atoms with Crippen LogP contribution in [0.2, 0.25) is 5.02 Å². The summed E-state index contributed by atoms with van der Waals surface area (Å²) >= 11 is 10.2. The van der Waals surface area contributed by atoms with Gasteiger partial charge in [-0.2, -0.15) is 0 Å². The Morgan fingerprint density at radius 2 is 2.12 bits per heavy atom. The summed E-state index contributed by atoms with van der Waals surface area (Å²) < 4.78 is 0. The zero-order chi connectivity index (χ0) is 12.1. The Morgan fingerprint density at radius 1 is 1.44 bits per heavy atom. The molecule has 0 atom stereocenters. The summed E-state index contributed by atoms with van der Waals surface area (Å²) in [5.74, 6) is -0.0229. The van der Waals surface area contributed by atoms with Crippen molar-refractivity contribution in [3.63, 3.8) is 0 Å². The van der Waals surface area contributed by atoms with E-state index in [2.05, 4.69) is 12.6 Å². The third-order valence-corrected chi connectivity index (χ3v) is 2.95. The molecule has 0 saturated carbocycles. The summed E-state index contributed by atoms with van der Waals surface area (Å²) in [5.41, 5.74) is 0.532. The molecule has 1 aromatic carbocycles. The smallest absolute Gasteiger partial charge is 0.255 e. The van der Waals surface area contributed by atoms with E-state index < -0.39 is 0 Å². The van der Waals surface area contributed by atoms with Crippen molar-refractivity contribution in [1.82, 2.24) is 4.90 Å². The molecule has 0 aromatic heterocycles. The Labute approximate surface area is 107 Å². The van der Waals surface area contributed by atoms with E-state index in [1.165, 1.54) is 0 Å². The number of halogens is 1. The van der Waals surface area contributed by atoms with Gasteiger partial charge in [-0.15, -0.1) is 12.6 Å². The number of carbonyl (C=O) groups excluding carboxylic acids is 1. The highest BCUT2D eigenvalue weighted by molar-refractivity contribution is 7.80. The third kappa shape index (κ3) is 3.16. The molecule has 0 N–H and O–H groups in total. The lowest BCUT2D eigenvalue weighted by molar-refractivity contribution is 0.0764. The minimum atomic E-state index is -0.0229. The third-order valence-electron chi connectivity index (χ3n) is 2.34. The van der Waals surface area contributed by atoms with E-state index >= 15 is 0 Å². The molecule has 1 rings (SSSR count). The average molecular weight is 258 g/mol. The number of benzene rings is 1. The van der Waals surface area contributed by atoms with Crippen LogP contribution in [-0.4, -0.2) is 23.9 Å². The maximum absolute atomic E-state index is 12.1. The minimum Gasteiger partial charge on any atom is -0.339 e. The molecule has 0 fully saturated rings. The number of nitrogens with zero attached hydrogens (tertiary/aromatic N) is 1. The first-order valence-electron chi connectivity index (χ1n) is 5.38. The molecular weight excluding hydrogens is 242 g/mol. The van der Waals surface area contributed by atoms with Crippen LogP contribution < -0.4 is 0 Å². The summed E-state index contributed by atoms with van der Waals surface area (Å²) in [5, 5.41) is 0.484. The molecule has 0 radical (unpaired) electrons. The van der Waals surface area contributed by atoms with E-state index in [4.69, 9.17) is 11.6 Å². The van der Waals surface area contributed by atoms with Gasteiger partial charge in [0, 0.05) is 18.0 Å². The van der Waals surface area contributed by atoms with Gasteiger partial charge in [-0.1, -0.05) is 18.5 Å². The standard InChI is InChI=1S/C12H16ClNOS/c1-3-7-14(4-2)12(15)10-8-9(16)5-6-11(10)13/h5-6,8,16H,3-4,7H2,1-2H3. The zero-order valence-electron chi connectivity index (χ0n) is 9.53. The number of amides is 1. The first-order valence-corrected chi connectivity index (χ1v) is 6.20. The van der Waals surface area contributed by atoms with Crippen molar-refractivity contribution >= 4 is 30.1 Å². The molecule has 88 valence electrons. The molecule has 0 bridgehead atoms. The van der Waals surface area contributed by atoms with Crippen molar-refractivity contribution in [2.75, 3.05) is 13.1 Å². The van der Waals surface area contributed by atoms with E-state index in [0.29, 0.717) is 17.1 Å². The largest absolute Gasteiger partial charge is 0.339 e. The van der Waals surface area contributed by atoms with E-state index in [-0.39, 0.29) is 5.91 Å². The summed E-state index contributed by atoms with van der Waals surface area (Å²) in [6.07, 6.45) is 0.942. The normalized spacial score (nSPS) is 10.2. The number of thiol groups is 1. The van der Waals surface area contributed by atoms with E-state index in [1.54, 1.807) is 23.1 Å². The maximum Gasteiger partial charge on any atom is 0.255 e. The van der Waals surface area contributed by atoms with Gasteiger partial charge in [0.15, 0.2) is 0 Å². The minimum absolute atomic E-state index is 0.0229. The fraction of sp³-hybridized carbons (Fsp3) is 0.417. The van der Waals surface area contributed by atoms with Crippen molar-refractivity contribution in [1.29, 1.82) is 0 Å². The van der Waals surface area contributed by atoms with Crippen LogP contribution in [0, 0.1) is 0 Å². The molecule has 0 unspecified atom stereocenters. The quantitative estimate of drug-likeness (QED) is 0.819. The van der Waals surface area contributed by atoms with Gasteiger partial charge in [0.1, 0.15) is 0 Å². The molecule has 0 heterocycles. The van der Waals surface area contributed by atoms with Gasteiger partial charge < -0.3 is 4.90 Å². The monoisotopic (exact) mass is 257 g/mol. The van der Waals surface area contributed by atoms with Crippen LogP contribution in [0.4, 0.5) is 0 Å². The Bertz CT molecular complexity index is 381. The number of carbonyl (C=O) groups is 1. The van der Waals surface area contributed by atoms with E-state index in [0.717, 1.165) is 17.9 Å². The molecular formula is C12H16ClNOS. The fourth-order valence-corrected chi connectivity index (χ4v) is 1.92. The lowest BCUT2D eigenvalue weighted by Crippen LogP contribution is -2.31. The van der Waals surface area contributed by atoms with Crippen molar-refractivity contribution < 1.29 is 4.79 Å². The lowest BCUT2D eigenvalue weighted by Gasteiger charge is -2.20. The van der Waals surface area contributed by atoms with E-state index in [9.17, 15) is 4.79 Å². The molecule has 4 heteroatoms. The first kappa shape index (κ1) is 13.4. The zero-order valence-corrected chi connectivity index (χ0v) is 11.2. The molecule has 16 heavy (non-hydrogen) atoms. The van der Waals surface area contributed by atoms with Crippen LogP contribution >= 0.6 is 24.2 Å². The Kier molecular flexibility index (Phi) is 5.16. The van der Waals surface area contributed by atoms with Crippen LogP contribution in [-0.2, 0) is 0 Å². The molecule has 1 amide bonds. The van der Waals surface area contributed by atoms with E-state index in [1.807, 2.05) is 13.8 Å². The van der Waals surface area contributed by atoms with Crippen molar-refractivity contribution in [2.45, 2.75) is 25.2 Å². The highest BCUT2D eigenvalue weighted by Gasteiger charge is 2.16. The molecule has 0 aliphatic rings. The average Bonchev–Trinajstić information content (AvgIpc) is 2.28. The van der Waals surface area contributed by atoms with Crippen molar-refractivity contribution in [3.05, 3.63) is 28.8 Å². The Morgan fingerprint density at radius 3 is 2.69 bits per heavy atom. The van der Waals surface area contributed by atoms with Gasteiger partial charge in [0.2, 0.25) is 0 Å². The molecule has 0 spiro atoms.